The number of ether oxygens (including phenoxy) is 1. The monoisotopic (exact) mass is 228 g/mol. The van der Waals surface area contributed by atoms with Crippen LogP contribution in [-0.4, -0.2) is 21.4 Å². The zero-order chi connectivity index (χ0) is 10.7. The van der Waals surface area contributed by atoms with Crippen LogP contribution in [0.5, 0.6) is 5.19 Å². The van der Waals surface area contributed by atoms with Crippen molar-refractivity contribution in [1.82, 2.24) is 10.2 Å². The average molecular weight is 228 g/mol. The molecule has 1 heterocycles. The van der Waals surface area contributed by atoms with Crippen LogP contribution in [0.4, 0.5) is 0 Å². The van der Waals surface area contributed by atoms with Gasteiger partial charge in [0.05, 0.1) is 6.61 Å². The van der Waals surface area contributed by atoms with E-state index in [2.05, 4.69) is 17.1 Å². The van der Waals surface area contributed by atoms with Crippen LogP contribution in [0.1, 0.15) is 37.6 Å². The summed E-state index contributed by atoms with van der Waals surface area (Å²) in [5.74, 6) is 0.597. The van der Waals surface area contributed by atoms with Gasteiger partial charge >= 0.3 is 0 Å². The zero-order valence-electron chi connectivity index (χ0n) is 8.85. The van der Waals surface area contributed by atoms with E-state index < -0.39 is 0 Å². The van der Waals surface area contributed by atoms with Crippen molar-refractivity contribution in [3.8, 4) is 5.19 Å². The molecule has 0 aromatic carbocycles. The third-order valence-electron chi connectivity index (χ3n) is 2.87. The van der Waals surface area contributed by atoms with E-state index >= 15 is 0 Å². The van der Waals surface area contributed by atoms with Gasteiger partial charge in [-0.15, -0.1) is 5.10 Å². The minimum atomic E-state index is -0.0543. The SMILES string of the molecule is CC1CCCCC1Oc1nnc(CO)s1. The lowest BCUT2D eigenvalue weighted by Crippen LogP contribution is -2.28. The van der Waals surface area contributed by atoms with Crippen molar-refractivity contribution >= 4 is 11.3 Å². The lowest BCUT2D eigenvalue weighted by atomic mass is 9.88. The van der Waals surface area contributed by atoms with Crippen molar-refractivity contribution < 1.29 is 9.84 Å². The molecule has 0 spiro atoms. The molecular weight excluding hydrogens is 212 g/mol. The van der Waals surface area contributed by atoms with E-state index in [1.807, 2.05) is 0 Å². The largest absolute Gasteiger partial charge is 0.465 e. The van der Waals surface area contributed by atoms with E-state index in [-0.39, 0.29) is 12.7 Å². The van der Waals surface area contributed by atoms with Gasteiger partial charge in [-0.05, 0) is 25.2 Å². The third-order valence-corrected chi connectivity index (χ3v) is 3.67. The van der Waals surface area contributed by atoms with Crippen LogP contribution in [0, 0.1) is 5.92 Å². The zero-order valence-corrected chi connectivity index (χ0v) is 9.66. The van der Waals surface area contributed by atoms with Gasteiger partial charge < -0.3 is 9.84 Å². The van der Waals surface area contributed by atoms with Crippen molar-refractivity contribution in [2.75, 3.05) is 0 Å². The second kappa shape index (κ2) is 4.90. The fourth-order valence-corrected chi connectivity index (χ4v) is 2.54. The first kappa shape index (κ1) is 10.8. The summed E-state index contributed by atoms with van der Waals surface area (Å²) in [4.78, 5) is 0. The van der Waals surface area contributed by atoms with Crippen LogP contribution >= 0.6 is 11.3 Å². The van der Waals surface area contributed by atoms with Gasteiger partial charge in [0.25, 0.3) is 5.19 Å². The Hall–Kier alpha value is -0.680. The molecule has 0 bridgehead atoms. The molecule has 5 heteroatoms. The summed E-state index contributed by atoms with van der Waals surface area (Å²) in [6.07, 6.45) is 5.16. The Labute approximate surface area is 93.3 Å². The number of hydrogen-bond acceptors (Lipinski definition) is 5. The van der Waals surface area contributed by atoms with E-state index in [4.69, 9.17) is 9.84 Å². The van der Waals surface area contributed by atoms with Crippen LogP contribution in [0.15, 0.2) is 0 Å². The summed E-state index contributed by atoms with van der Waals surface area (Å²) in [5.41, 5.74) is 0. The fraction of sp³-hybridized carbons (Fsp3) is 0.800. The maximum Gasteiger partial charge on any atom is 0.294 e. The normalized spacial score (nSPS) is 26.5. The second-order valence-corrected chi connectivity index (χ2v) is 5.06. The van der Waals surface area contributed by atoms with E-state index in [0.29, 0.717) is 16.1 Å². The molecule has 0 aliphatic heterocycles. The number of nitrogens with zero attached hydrogens (tertiary/aromatic N) is 2. The third kappa shape index (κ3) is 2.66. The Morgan fingerprint density at radius 2 is 2.20 bits per heavy atom. The highest BCUT2D eigenvalue weighted by molar-refractivity contribution is 7.13. The topological polar surface area (TPSA) is 55.2 Å². The summed E-state index contributed by atoms with van der Waals surface area (Å²) in [5, 5.41) is 17.8. The van der Waals surface area contributed by atoms with Crippen LogP contribution in [0.25, 0.3) is 0 Å². The maximum absolute atomic E-state index is 8.86. The van der Waals surface area contributed by atoms with Crippen molar-refractivity contribution in [3.63, 3.8) is 0 Å². The predicted octanol–water partition coefficient (Wildman–Crippen LogP) is 1.99. The van der Waals surface area contributed by atoms with E-state index in [1.165, 1.54) is 30.6 Å². The first-order chi connectivity index (χ1) is 7.29. The van der Waals surface area contributed by atoms with Gasteiger partial charge in [-0.25, -0.2) is 0 Å². The maximum atomic E-state index is 8.86. The summed E-state index contributed by atoms with van der Waals surface area (Å²) >= 11 is 1.33. The molecule has 1 aliphatic carbocycles. The van der Waals surface area contributed by atoms with E-state index in [0.717, 1.165) is 6.42 Å². The van der Waals surface area contributed by atoms with Gasteiger partial charge in [0.15, 0.2) is 0 Å². The molecule has 2 atom stereocenters. The highest BCUT2D eigenvalue weighted by Crippen LogP contribution is 2.29. The molecule has 0 radical (unpaired) electrons. The minimum Gasteiger partial charge on any atom is -0.465 e. The molecule has 84 valence electrons. The molecule has 4 nitrogen and oxygen atoms in total. The molecule has 1 N–H and O–H groups in total. The molecule has 1 aromatic rings. The Morgan fingerprint density at radius 3 is 2.87 bits per heavy atom. The Kier molecular flexibility index (Phi) is 3.53. The lowest BCUT2D eigenvalue weighted by Gasteiger charge is -2.27. The molecule has 1 fully saturated rings. The summed E-state index contributed by atoms with van der Waals surface area (Å²) in [6.45, 7) is 2.17. The van der Waals surface area contributed by atoms with Crippen LogP contribution in [0.2, 0.25) is 0 Å². The molecule has 1 saturated carbocycles. The predicted molar refractivity (Wildman–Crippen MR) is 57.9 cm³/mol. The number of hydrogen-bond donors (Lipinski definition) is 1. The number of rotatable bonds is 3. The standard InChI is InChI=1S/C10H16N2O2S/c1-7-4-2-3-5-8(7)14-10-12-11-9(6-13)15-10/h7-8,13H,2-6H2,1H3. The molecule has 1 aliphatic rings. The van der Waals surface area contributed by atoms with Crippen molar-refractivity contribution in [3.05, 3.63) is 5.01 Å². The highest BCUT2D eigenvalue weighted by atomic mass is 32.1. The molecule has 15 heavy (non-hydrogen) atoms. The minimum absolute atomic E-state index is 0.0543. The number of aliphatic hydroxyl groups excluding tert-OH is 1. The first-order valence-electron chi connectivity index (χ1n) is 5.39. The summed E-state index contributed by atoms with van der Waals surface area (Å²) in [7, 11) is 0. The second-order valence-electron chi connectivity index (χ2n) is 4.04. The molecule has 2 unspecified atom stereocenters. The molecule has 0 amide bonds. The highest BCUT2D eigenvalue weighted by Gasteiger charge is 2.24. The Bertz CT molecular complexity index is 316. The van der Waals surface area contributed by atoms with Gasteiger partial charge in [0.2, 0.25) is 0 Å². The molecular formula is C10H16N2O2S. The van der Waals surface area contributed by atoms with Gasteiger partial charge in [0, 0.05) is 0 Å². The van der Waals surface area contributed by atoms with Gasteiger partial charge in [0.1, 0.15) is 11.1 Å². The Morgan fingerprint density at radius 1 is 1.40 bits per heavy atom. The fourth-order valence-electron chi connectivity index (χ4n) is 1.94. The Balaban J connectivity index is 1.95. The number of aliphatic hydroxyl groups is 1. The van der Waals surface area contributed by atoms with Gasteiger partial charge in [-0.2, -0.15) is 0 Å². The molecule has 2 rings (SSSR count). The number of aromatic nitrogens is 2. The van der Waals surface area contributed by atoms with E-state index in [9.17, 15) is 0 Å². The smallest absolute Gasteiger partial charge is 0.294 e. The summed E-state index contributed by atoms with van der Waals surface area (Å²) < 4.78 is 5.78. The molecule has 0 saturated heterocycles. The van der Waals surface area contributed by atoms with Crippen molar-refractivity contribution in [2.24, 2.45) is 5.92 Å². The van der Waals surface area contributed by atoms with Gasteiger partial charge in [-0.1, -0.05) is 29.8 Å². The van der Waals surface area contributed by atoms with Crippen LogP contribution < -0.4 is 4.74 Å². The van der Waals surface area contributed by atoms with Crippen LogP contribution in [-0.2, 0) is 6.61 Å². The lowest BCUT2D eigenvalue weighted by molar-refractivity contribution is 0.101. The quantitative estimate of drug-likeness (QED) is 0.859. The van der Waals surface area contributed by atoms with Crippen LogP contribution in [0.3, 0.4) is 0 Å². The average Bonchev–Trinajstić information content (AvgIpc) is 2.69. The summed E-state index contributed by atoms with van der Waals surface area (Å²) in [6, 6.07) is 0. The van der Waals surface area contributed by atoms with E-state index in [1.54, 1.807) is 0 Å². The van der Waals surface area contributed by atoms with Gasteiger partial charge in [-0.3, -0.25) is 0 Å². The molecule has 1 aromatic heterocycles. The van der Waals surface area contributed by atoms with Crippen molar-refractivity contribution in [2.45, 2.75) is 45.3 Å². The first-order valence-corrected chi connectivity index (χ1v) is 6.21. The van der Waals surface area contributed by atoms with Crippen molar-refractivity contribution in [1.29, 1.82) is 0 Å².